The highest BCUT2D eigenvalue weighted by Crippen LogP contribution is 2.36. The molecule has 1 saturated heterocycles. The van der Waals surface area contributed by atoms with Gasteiger partial charge in [0.2, 0.25) is 0 Å². The van der Waals surface area contributed by atoms with E-state index in [-0.39, 0.29) is 0 Å². The van der Waals surface area contributed by atoms with Gasteiger partial charge in [-0.1, -0.05) is 121 Å². The molecule has 1 aliphatic heterocycles. The van der Waals surface area contributed by atoms with Crippen LogP contribution in [0.15, 0.2) is 126 Å². The van der Waals surface area contributed by atoms with Crippen LogP contribution in [-0.4, -0.2) is 41.6 Å². The number of rotatable bonds is 12. The van der Waals surface area contributed by atoms with Crippen LogP contribution in [0.4, 0.5) is 0 Å². The normalized spacial score (nSPS) is 22.9. The topological polar surface area (TPSA) is 57.2 Å². The molecular weight excluding hydrogens is 508 g/mol. The summed E-state index contributed by atoms with van der Waals surface area (Å²) in [7, 11) is 0. The van der Waals surface area contributed by atoms with Gasteiger partial charge < -0.3 is 24.1 Å². The first-order valence-electron chi connectivity index (χ1n) is 13.2. The van der Waals surface area contributed by atoms with Gasteiger partial charge >= 0.3 is 0 Å². The predicted molar refractivity (Wildman–Crippen MR) is 153 cm³/mol. The van der Waals surface area contributed by atoms with E-state index in [9.17, 15) is 5.11 Å². The van der Waals surface area contributed by atoms with Crippen LogP contribution in [0.3, 0.4) is 0 Å². The first kappa shape index (κ1) is 27.6. The van der Waals surface area contributed by atoms with Crippen molar-refractivity contribution in [3.63, 3.8) is 0 Å². The lowest BCUT2D eigenvalue weighted by Crippen LogP contribution is -2.59. The van der Waals surface area contributed by atoms with Crippen molar-refractivity contribution in [2.75, 3.05) is 6.61 Å². The molecule has 1 heterocycles. The van der Waals surface area contributed by atoms with E-state index in [1.54, 1.807) is 0 Å². The van der Waals surface area contributed by atoms with Gasteiger partial charge in [-0.25, -0.2) is 0 Å². The van der Waals surface area contributed by atoms with Crippen LogP contribution >= 0.6 is 11.8 Å². The summed E-state index contributed by atoms with van der Waals surface area (Å²) >= 11 is 1.48. The molecule has 0 spiro atoms. The quantitative estimate of drug-likeness (QED) is 0.228. The van der Waals surface area contributed by atoms with E-state index in [0.717, 1.165) is 21.6 Å². The van der Waals surface area contributed by atoms with Gasteiger partial charge in [0, 0.05) is 4.90 Å². The summed E-state index contributed by atoms with van der Waals surface area (Å²) in [5.41, 5.74) is 2.61. The lowest BCUT2D eigenvalue weighted by atomic mass is 9.99. The SMILES string of the molecule is O[C@@H]1[C@@H](OCc2ccccc2)[C@H](OCc2ccccc2)[C@@H](COCc2ccccc2)O[C@@H]1Sc1ccccc1. The van der Waals surface area contributed by atoms with E-state index < -0.39 is 29.9 Å². The molecule has 5 atom stereocenters. The van der Waals surface area contributed by atoms with Gasteiger partial charge in [0.05, 0.1) is 26.4 Å². The summed E-state index contributed by atoms with van der Waals surface area (Å²) < 4.78 is 25.5. The van der Waals surface area contributed by atoms with Crippen molar-refractivity contribution in [2.24, 2.45) is 0 Å². The molecule has 202 valence electrons. The predicted octanol–water partition coefficient (Wildman–Crippen LogP) is 6.25. The molecule has 5 nitrogen and oxygen atoms in total. The third-order valence-corrected chi connectivity index (χ3v) is 7.74. The van der Waals surface area contributed by atoms with Crippen molar-refractivity contribution in [3.05, 3.63) is 138 Å². The van der Waals surface area contributed by atoms with Crippen molar-refractivity contribution >= 4 is 11.8 Å². The summed E-state index contributed by atoms with van der Waals surface area (Å²) in [4.78, 5) is 1.01. The zero-order valence-corrected chi connectivity index (χ0v) is 22.6. The number of aliphatic hydroxyl groups excluding tert-OH is 1. The molecular formula is C33H34O5S. The number of hydrogen-bond acceptors (Lipinski definition) is 6. The first-order valence-corrected chi connectivity index (χ1v) is 14.1. The minimum absolute atomic E-state index is 0.304. The molecule has 0 aromatic heterocycles. The lowest BCUT2D eigenvalue weighted by molar-refractivity contribution is -0.243. The fourth-order valence-electron chi connectivity index (χ4n) is 4.55. The second kappa shape index (κ2) is 14.4. The van der Waals surface area contributed by atoms with Crippen molar-refractivity contribution in [3.8, 4) is 0 Å². The molecule has 6 heteroatoms. The Labute approximate surface area is 234 Å². The van der Waals surface area contributed by atoms with E-state index in [0.29, 0.717) is 26.4 Å². The summed E-state index contributed by atoms with van der Waals surface area (Å²) in [6.45, 7) is 1.49. The second-order valence-corrected chi connectivity index (χ2v) is 10.7. The summed E-state index contributed by atoms with van der Waals surface area (Å²) in [6, 6.07) is 40.0. The van der Waals surface area contributed by atoms with Gasteiger partial charge in [0.15, 0.2) is 0 Å². The zero-order chi connectivity index (χ0) is 26.7. The average molecular weight is 543 g/mol. The Hall–Kier alpha value is -2.97. The molecule has 0 unspecified atom stereocenters. The molecule has 0 aliphatic carbocycles. The van der Waals surface area contributed by atoms with Gasteiger partial charge in [-0.3, -0.25) is 0 Å². The number of ether oxygens (including phenoxy) is 4. The Morgan fingerprint density at radius 2 is 1.05 bits per heavy atom. The van der Waals surface area contributed by atoms with Crippen LogP contribution in [0.1, 0.15) is 16.7 Å². The smallest absolute Gasteiger partial charge is 0.136 e. The molecule has 1 aliphatic rings. The molecule has 4 aromatic carbocycles. The van der Waals surface area contributed by atoms with Crippen LogP contribution in [0.5, 0.6) is 0 Å². The minimum atomic E-state index is -0.912. The van der Waals surface area contributed by atoms with Crippen molar-refractivity contribution < 1.29 is 24.1 Å². The molecule has 0 saturated carbocycles. The fourth-order valence-corrected chi connectivity index (χ4v) is 5.63. The Balaban J connectivity index is 1.37. The average Bonchev–Trinajstić information content (AvgIpc) is 2.99. The second-order valence-electron chi connectivity index (χ2n) is 9.49. The third-order valence-electron chi connectivity index (χ3n) is 6.57. The molecule has 0 amide bonds. The van der Waals surface area contributed by atoms with Crippen molar-refractivity contribution in [2.45, 2.75) is 54.6 Å². The number of thioether (sulfide) groups is 1. The maximum absolute atomic E-state index is 11.6. The highest BCUT2D eigenvalue weighted by Gasteiger charge is 2.47. The largest absolute Gasteiger partial charge is 0.387 e. The Morgan fingerprint density at radius 1 is 0.590 bits per heavy atom. The lowest BCUT2D eigenvalue weighted by Gasteiger charge is -2.44. The van der Waals surface area contributed by atoms with E-state index in [1.807, 2.05) is 121 Å². The van der Waals surface area contributed by atoms with Gasteiger partial charge in [-0.05, 0) is 28.8 Å². The van der Waals surface area contributed by atoms with E-state index in [2.05, 4.69) is 0 Å². The standard InChI is InChI=1S/C33H34O5S/c34-30-32(37-23-27-17-9-3-10-18-27)31(36-22-26-15-7-2-8-16-26)29(24-35-21-25-13-5-1-6-14-25)38-33(30)39-28-19-11-4-12-20-28/h1-20,29-34H,21-24H2/t29-,30-,31-,32-,33-/m1/s1. The molecule has 4 aromatic rings. The molecule has 39 heavy (non-hydrogen) atoms. The first-order chi connectivity index (χ1) is 19.3. The van der Waals surface area contributed by atoms with Gasteiger partial charge in [-0.15, -0.1) is 0 Å². The molecule has 1 fully saturated rings. The highest BCUT2D eigenvalue weighted by molar-refractivity contribution is 7.99. The Bertz CT molecular complexity index is 1230. The minimum Gasteiger partial charge on any atom is -0.387 e. The van der Waals surface area contributed by atoms with Crippen LogP contribution in [0, 0.1) is 0 Å². The van der Waals surface area contributed by atoms with Crippen LogP contribution < -0.4 is 0 Å². The van der Waals surface area contributed by atoms with Crippen LogP contribution in [-0.2, 0) is 38.8 Å². The molecule has 0 radical (unpaired) electrons. The van der Waals surface area contributed by atoms with E-state index >= 15 is 0 Å². The zero-order valence-electron chi connectivity index (χ0n) is 21.8. The number of hydrogen-bond donors (Lipinski definition) is 1. The summed E-state index contributed by atoms with van der Waals surface area (Å²) in [5, 5.41) is 11.6. The summed E-state index contributed by atoms with van der Waals surface area (Å²) in [6.07, 6.45) is -2.51. The fraction of sp³-hybridized carbons (Fsp3) is 0.273. The molecule has 1 N–H and O–H groups in total. The molecule has 5 rings (SSSR count). The number of aliphatic hydroxyl groups is 1. The number of benzene rings is 4. The van der Waals surface area contributed by atoms with Crippen LogP contribution in [0.2, 0.25) is 0 Å². The van der Waals surface area contributed by atoms with E-state index in [1.165, 1.54) is 11.8 Å². The molecule has 0 bridgehead atoms. The Morgan fingerprint density at radius 3 is 1.59 bits per heavy atom. The van der Waals surface area contributed by atoms with Crippen molar-refractivity contribution in [1.82, 2.24) is 0 Å². The monoisotopic (exact) mass is 542 g/mol. The third kappa shape index (κ3) is 8.02. The van der Waals surface area contributed by atoms with Gasteiger partial charge in [0.1, 0.15) is 29.9 Å². The maximum Gasteiger partial charge on any atom is 0.136 e. The summed E-state index contributed by atoms with van der Waals surface area (Å²) in [5.74, 6) is 0. The van der Waals surface area contributed by atoms with E-state index in [4.69, 9.17) is 18.9 Å². The van der Waals surface area contributed by atoms with Gasteiger partial charge in [0.25, 0.3) is 0 Å². The highest BCUT2D eigenvalue weighted by atomic mass is 32.2. The maximum atomic E-state index is 11.6. The Kier molecular flexibility index (Phi) is 10.2. The van der Waals surface area contributed by atoms with Crippen molar-refractivity contribution in [1.29, 1.82) is 0 Å². The van der Waals surface area contributed by atoms with Gasteiger partial charge in [-0.2, -0.15) is 0 Å². The van der Waals surface area contributed by atoms with Crippen LogP contribution in [0.25, 0.3) is 0 Å².